The van der Waals surface area contributed by atoms with E-state index in [4.69, 9.17) is 4.74 Å². The number of aromatic nitrogens is 2. The molecule has 12 heteroatoms. The average molecular weight is 736 g/mol. The molecule has 2 saturated heterocycles. The van der Waals surface area contributed by atoms with Gasteiger partial charge in [0, 0.05) is 52.2 Å². The van der Waals surface area contributed by atoms with E-state index in [1.54, 1.807) is 27.7 Å². The van der Waals surface area contributed by atoms with E-state index < -0.39 is 30.0 Å². The van der Waals surface area contributed by atoms with Crippen LogP contribution in [0.25, 0.3) is 10.9 Å². The number of rotatable bonds is 12. The number of hydrogen-bond donors (Lipinski definition) is 1. The van der Waals surface area contributed by atoms with Crippen LogP contribution in [0.2, 0.25) is 0 Å². The van der Waals surface area contributed by atoms with Crippen LogP contribution in [-0.4, -0.2) is 113 Å². The molecule has 0 spiro atoms. The van der Waals surface area contributed by atoms with Gasteiger partial charge in [0.1, 0.15) is 18.7 Å². The van der Waals surface area contributed by atoms with E-state index in [9.17, 15) is 14.4 Å². The van der Waals surface area contributed by atoms with Crippen LogP contribution in [0, 0.1) is 18.8 Å². The van der Waals surface area contributed by atoms with Gasteiger partial charge in [0.05, 0.1) is 17.6 Å². The Morgan fingerprint density at radius 2 is 1.65 bits per heavy atom. The lowest BCUT2D eigenvalue weighted by Crippen LogP contribution is -2.61. The molecule has 0 aliphatic carbocycles. The number of benzene rings is 3. The highest BCUT2D eigenvalue weighted by Crippen LogP contribution is 2.33. The second-order valence-corrected chi connectivity index (χ2v) is 15.2. The first-order valence-corrected chi connectivity index (χ1v) is 18.9. The van der Waals surface area contributed by atoms with E-state index in [0.717, 1.165) is 33.2 Å². The van der Waals surface area contributed by atoms with Gasteiger partial charge >= 0.3 is 6.09 Å². The number of amides is 4. The first-order chi connectivity index (χ1) is 26.0. The monoisotopic (exact) mass is 735 g/mol. The van der Waals surface area contributed by atoms with E-state index in [-0.39, 0.29) is 37.4 Å². The van der Waals surface area contributed by atoms with Gasteiger partial charge in [-0.15, -0.1) is 0 Å². The van der Waals surface area contributed by atoms with Crippen LogP contribution in [0.5, 0.6) is 0 Å². The summed E-state index contributed by atoms with van der Waals surface area (Å²) in [7, 11) is 7.52. The zero-order chi connectivity index (χ0) is 38.4. The van der Waals surface area contributed by atoms with E-state index in [2.05, 4.69) is 34.7 Å². The van der Waals surface area contributed by atoms with Gasteiger partial charge in [-0.25, -0.2) is 4.79 Å². The lowest BCUT2D eigenvalue weighted by Gasteiger charge is -2.42. The predicted molar refractivity (Wildman–Crippen MR) is 207 cm³/mol. The van der Waals surface area contributed by atoms with Crippen molar-refractivity contribution in [2.45, 2.75) is 57.8 Å². The van der Waals surface area contributed by atoms with Crippen molar-refractivity contribution in [3.63, 3.8) is 0 Å². The molecule has 4 aromatic rings. The van der Waals surface area contributed by atoms with Gasteiger partial charge < -0.3 is 24.8 Å². The normalized spacial score (nSPS) is 20.0. The topological polar surface area (TPSA) is 120 Å². The average Bonchev–Trinajstić information content (AvgIpc) is 3.78. The molecular formula is C42H53N7O5. The number of carbonyl (C=O) groups is 4. The highest BCUT2D eigenvalue weighted by atomic mass is 16.6. The van der Waals surface area contributed by atoms with Crippen LogP contribution in [-0.2, 0) is 45.7 Å². The number of hydrogen-bond acceptors (Lipinski definition) is 7. The zero-order valence-electron chi connectivity index (χ0n) is 32.1. The van der Waals surface area contributed by atoms with Gasteiger partial charge in [0.25, 0.3) is 0 Å². The van der Waals surface area contributed by atoms with Crippen LogP contribution in [0.4, 0.5) is 4.79 Å². The van der Waals surface area contributed by atoms with Crippen LogP contribution in [0.3, 0.4) is 0 Å². The van der Waals surface area contributed by atoms with Gasteiger partial charge in [-0.3, -0.25) is 24.0 Å². The molecule has 0 bridgehead atoms. The summed E-state index contributed by atoms with van der Waals surface area (Å²) in [6.45, 7) is 4.08. The minimum absolute atomic E-state index is 0.00172. The molecular weight excluding hydrogens is 683 g/mol. The van der Waals surface area contributed by atoms with Crippen molar-refractivity contribution < 1.29 is 23.9 Å². The largest absolute Gasteiger partial charge is 0.445 e. The molecule has 3 heterocycles. The summed E-state index contributed by atoms with van der Waals surface area (Å²) in [4.78, 5) is 64.0. The summed E-state index contributed by atoms with van der Waals surface area (Å²) < 4.78 is 7.58. The summed E-state index contributed by atoms with van der Waals surface area (Å²) in [6.07, 6.45) is 3.29. The fourth-order valence-corrected chi connectivity index (χ4v) is 7.73. The maximum Gasteiger partial charge on any atom is 0.410 e. The molecule has 0 saturated carbocycles. The van der Waals surface area contributed by atoms with Crippen molar-refractivity contribution >= 4 is 34.7 Å². The van der Waals surface area contributed by atoms with Crippen LogP contribution >= 0.6 is 0 Å². The third-order valence-corrected chi connectivity index (χ3v) is 10.8. The number of carbonyl (C=O) groups excluding carboxylic acids is 4. The van der Waals surface area contributed by atoms with E-state index in [1.165, 1.54) is 4.90 Å². The number of piperidine rings is 1. The summed E-state index contributed by atoms with van der Waals surface area (Å²) in [5.41, 5.74) is 5.02. The van der Waals surface area contributed by atoms with Crippen molar-refractivity contribution in [2.24, 2.45) is 18.9 Å². The number of nitrogens with zero attached hydrogens (tertiary/aromatic N) is 6. The smallest absolute Gasteiger partial charge is 0.410 e. The summed E-state index contributed by atoms with van der Waals surface area (Å²) >= 11 is 0. The van der Waals surface area contributed by atoms with Crippen molar-refractivity contribution in [1.82, 2.24) is 34.7 Å². The summed E-state index contributed by atoms with van der Waals surface area (Å²) in [5, 5.41) is 8.40. The lowest BCUT2D eigenvalue weighted by molar-refractivity contribution is -0.151. The number of fused-ring (bicyclic) bond motifs is 1. The third kappa shape index (κ3) is 9.10. The number of aryl methyl sites for hydroxylation is 2. The second-order valence-electron chi connectivity index (χ2n) is 15.2. The lowest BCUT2D eigenvalue weighted by atomic mass is 9.86. The molecule has 6 rings (SSSR count). The minimum Gasteiger partial charge on any atom is -0.445 e. The fourth-order valence-electron chi connectivity index (χ4n) is 7.73. The standard InChI is InChI=1S/C42H53N7O5/c1-29-13-15-30(16-14-29)22-33-24-37(39(50)43-25-32-17-18-36-34(23-32)26-44-47(36)5)49(27-33)41(52)38-35(40(51)46(4)21-20-45(2)3)12-9-19-48(38)42(53)54-28-31-10-7-6-8-11-31/h6-8,10-11,13-18,23,26,33,35,37-38H,9,12,19-22,24-25,27-28H2,1-5H3,(H,43,50)/t33-,35+,37+,38-/m1/s1. The highest BCUT2D eigenvalue weighted by molar-refractivity contribution is 5.96. The van der Waals surface area contributed by atoms with E-state index in [0.29, 0.717) is 45.3 Å². The van der Waals surface area contributed by atoms with E-state index >= 15 is 4.79 Å². The second kappa shape index (κ2) is 17.3. The van der Waals surface area contributed by atoms with Crippen LogP contribution in [0.1, 0.15) is 41.5 Å². The molecule has 4 amide bonds. The molecule has 4 atom stereocenters. The van der Waals surface area contributed by atoms with Crippen LogP contribution in [0.15, 0.2) is 79.0 Å². The summed E-state index contributed by atoms with van der Waals surface area (Å²) in [6, 6.07) is 21.8. The van der Waals surface area contributed by atoms with Crippen molar-refractivity contribution in [2.75, 3.05) is 47.3 Å². The Balaban J connectivity index is 1.27. The summed E-state index contributed by atoms with van der Waals surface area (Å²) in [5.74, 6) is -1.64. The van der Waals surface area contributed by atoms with Gasteiger partial charge in [0.2, 0.25) is 17.7 Å². The number of nitrogens with one attached hydrogen (secondary N) is 1. The SMILES string of the molecule is Cc1ccc(C[C@@H]2C[C@@H](C(=O)NCc3ccc4c(cnn4C)c3)N(C(=O)[C@H]3[C@@H](C(=O)N(C)CCN(C)C)CCCN3C(=O)OCc3ccccc3)C2)cc1. The van der Waals surface area contributed by atoms with Gasteiger partial charge in [-0.2, -0.15) is 5.10 Å². The number of ether oxygens (including phenoxy) is 1. The number of likely N-dealkylation sites (N-methyl/N-ethyl adjacent to an activating group) is 2. The Morgan fingerprint density at radius 1 is 0.907 bits per heavy atom. The molecule has 2 fully saturated rings. The Bertz CT molecular complexity index is 1930. The molecule has 0 radical (unpaired) electrons. The molecule has 3 aromatic carbocycles. The third-order valence-electron chi connectivity index (χ3n) is 10.8. The first kappa shape index (κ1) is 38.5. The number of likely N-dealkylation sites (tertiary alicyclic amines) is 2. The quantitative estimate of drug-likeness (QED) is 0.229. The molecule has 1 aromatic heterocycles. The molecule has 0 unspecified atom stereocenters. The van der Waals surface area contributed by atoms with Crippen molar-refractivity contribution in [3.8, 4) is 0 Å². The minimum atomic E-state index is -1.11. The van der Waals surface area contributed by atoms with Gasteiger partial charge in [-0.1, -0.05) is 66.2 Å². The van der Waals surface area contributed by atoms with Gasteiger partial charge in [0.15, 0.2) is 0 Å². The Morgan fingerprint density at radius 3 is 2.39 bits per heavy atom. The highest BCUT2D eigenvalue weighted by Gasteiger charge is 2.50. The molecule has 12 nitrogen and oxygen atoms in total. The molecule has 1 N–H and O–H groups in total. The zero-order valence-corrected chi connectivity index (χ0v) is 32.1. The Hall–Kier alpha value is -5.23. The molecule has 286 valence electrons. The van der Waals surface area contributed by atoms with E-state index in [1.807, 2.05) is 81.5 Å². The van der Waals surface area contributed by atoms with Crippen LogP contribution < -0.4 is 5.32 Å². The predicted octanol–water partition coefficient (Wildman–Crippen LogP) is 4.40. The maximum atomic E-state index is 15.1. The fraction of sp³-hybridized carbons (Fsp3) is 0.452. The first-order valence-electron chi connectivity index (χ1n) is 18.9. The molecule has 54 heavy (non-hydrogen) atoms. The Kier molecular flexibility index (Phi) is 12.3. The van der Waals surface area contributed by atoms with Crippen molar-refractivity contribution in [3.05, 3.63) is 101 Å². The van der Waals surface area contributed by atoms with Gasteiger partial charge in [-0.05, 0) is 81.4 Å². The van der Waals surface area contributed by atoms with Crippen molar-refractivity contribution in [1.29, 1.82) is 0 Å². The molecule has 2 aliphatic heterocycles. The maximum absolute atomic E-state index is 15.1. The Labute approximate surface area is 318 Å². The molecule has 2 aliphatic rings.